The van der Waals surface area contributed by atoms with E-state index in [-0.39, 0.29) is 24.0 Å². The number of guanidine groups is 1. The fourth-order valence-electron chi connectivity index (χ4n) is 2.60. The van der Waals surface area contributed by atoms with Crippen LogP contribution in [0.25, 0.3) is 0 Å². The number of likely N-dealkylation sites (tertiary alicyclic amines) is 1. The van der Waals surface area contributed by atoms with Crippen molar-refractivity contribution in [3.63, 3.8) is 0 Å². The van der Waals surface area contributed by atoms with Gasteiger partial charge in [0.05, 0.1) is 6.54 Å². The molecule has 124 valence electrons. The van der Waals surface area contributed by atoms with E-state index in [9.17, 15) is 0 Å². The summed E-state index contributed by atoms with van der Waals surface area (Å²) in [6.45, 7) is 7.18. The van der Waals surface area contributed by atoms with Gasteiger partial charge in [0, 0.05) is 13.1 Å². The van der Waals surface area contributed by atoms with Gasteiger partial charge in [-0.1, -0.05) is 30.3 Å². The standard InChI is InChI=1S/C17H28N4.HI/c1-3-18-17(19-13-15-7-5-4-6-8-15)20-14-16-9-11-21(2)12-10-16;/h4-8,16H,3,9-14H2,1-2H3,(H2,18,19,20);1H. The Kier molecular flexibility index (Phi) is 9.47. The van der Waals surface area contributed by atoms with Crippen molar-refractivity contribution in [2.45, 2.75) is 26.3 Å². The van der Waals surface area contributed by atoms with E-state index in [1.165, 1.54) is 31.5 Å². The number of hydrogen-bond acceptors (Lipinski definition) is 2. The molecule has 1 aliphatic heterocycles. The molecule has 1 aliphatic rings. The summed E-state index contributed by atoms with van der Waals surface area (Å²) in [4.78, 5) is 7.07. The smallest absolute Gasteiger partial charge is 0.191 e. The molecule has 4 nitrogen and oxygen atoms in total. The van der Waals surface area contributed by atoms with Crippen LogP contribution in [-0.2, 0) is 6.54 Å². The number of nitrogens with one attached hydrogen (secondary N) is 2. The highest BCUT2D eigenvalue weighted by molar-refractivity contribution is 14.0. The zero-order chi connectivity index (χ0) is 14.9. The summed E-state index contributed by atoms with van der Waals surface area (Å²) in [5, 5.41) is 6.83. The minimum atomic E-state index is 0. The molecule has 0 amide bonds. The summed E-state index contributed by atoms with van der Waals surface area (Å²) >= 11 is 0. The molecule has 0 saturated carbocycles. The van der Waals surface area contributed by atoms with Crippen molar-refractivity contribution in [1.82, 2.24) is 15.5 Å². The first kappa shape index (κ1) is 19.2. The van der Waals surface area contributed by atoms with Crippen LogP contribution in [0.4, 0.5) is 0 Å². The van der Waals surface area contributed by atoms with E-state index in [0.29, 0.717) is 0 Å². The van der Waals surface area contributed by atoms with Gasteiger partial charge in [-0.05, 0) is 51.4 Å². The van der Waals surface area contributed by atoms with E-state index >= 15 is 0 Å². The summed E-state index contributed by atoms with van der Waals surface area (Å²) < 4.78 is 0. The first-order valence-electron chi connectivity index (χ1n) is 8.02. The molecule has 1 saturated heterocycles. The Morgan fingerprint density at radius 2 is 1.86 bits per heavy atom. The Morgan fingerprint density at radius 1 is 1.18 bits per heavy atom. The number of halogens is 1. The molecule has 0 aliphatic carbocycles. The molecule has 1 fully saturated rings. The van der Waals surface area contributed by atoms with Crippen molar-refractivity contribution in [2.75, 3.05) is 33.2 Å². The predicted octanol–water partition coefficient (Wildman–Crippen LogP) is 2.70. The number of nitrogens with zero attached hydrogens (tertiary/aromatic N) is 2. The van der Waals surface area contributed by atoms with Gasteiger partial charge in [0.2, 0.25) is 0 Å². The van der Waals surface area contributed by atoms with Gasteiger partial charge in [-0.25, -0.2) is 4.99 Å². The number of benzene rings is 1. The third-order valence-electron chi connectivity index (χ3n) is 4.00. The van der Waals surface area contributed by atoms with Crippen molar-refractivity contribution in [3.05, 3.63) is 35.9 Å². The van der Waals surface area contributed by atoms with E-state index in [0.717, 1.165) is 31.5 Å². The van der Waals surface area contributed by atoms with Crippen LogP contribution in [0.1, 0.15) is 25.3 Å². The van der Waals surface area contributed by atoms with E-state index in [2.05, 4.69) is 58.8 Å². The maximum absolute atomic E-state index is 4.67. The van der Waals surface area contributed by atoms with Crippen LogP contribution in [0, 0.1) is 5.92 Å². The van der Waals surface area contributed by atoms with Crippen LogP contribution in [-0.4, -0.2) is 44.1 Å². The highest BCUT2D eigenvalue weighted by Gasteiger charge is 2.16. The van der Waals surface area contributed by atoms with Crippen molar-refractivity contribution in [3.8, 4) is 0 Å². The molecule has 5 heteroatoms. The first-order chi connectivity index (χ1) is 10.3. The Morgan fingerprint density at radius 3 is 2.50 bits per heavy atom. The summed E-state index contributed by atoms with van der Waals surface area (Å²) in [7, 11) is 2.20. The van der Waals surface area contributed by atoms with Gasteiger partial charge in [-0.15, -0.1) is 24.0 Å². The van der Waals surface area contributed by atoms with Gasteiger partial charge in [-0.2, -0.15) is 0 Å². The Bertz CT molecular complexity index is 428. The van der Waals surface area contributed by atoms with Crippen LogP contribution < -0.4 is 10.6 Å². The fraction of sp³-hybridized carbons (Fsp3) is 0.588. The van der Waals surface area contributed by atoms with Gasteiger partial charge < -0.3 is 15.5 Å². The van der Waals surface area contributed by atoms with E-state index in [4.69, 9.17) is 0 Å². The van der Waals surface area contributed by atoms with E-state index in [1.54, 1.807) is 0 Å². The lowest BCUT2D eigenvalue weighted by Crippen LogP contribution is -2.42. The molecule has 0 unspecified atom stereocenters. The number of piperidine rings is 1. The molecular weight excluding hydrogens is 387 g/mol. The molecule has 0 radical (unpaired) electrons. The fourth-order valence-corrected chi connectivity index (χ4v) is 2.60. The summed E-state index contributed by atoms with van der Waals surface area (Å²) in [5.41, 5.74) is 1.24. The maximum atomic E-state index is 4.67. The minimum absolute atomic E-state index is 0. The average Bonchev–Trinajstić information content (AvgIpc) is 2.52. The monoisotopic (exact) mass is 416 g/mol. The topological polar surface area (TPSA) is 39.7 Å². The maximum Gasteiger partial charge on any atom is 0.191 e. The molecule has 2 N–H and O–H groups in total. The number of rotatable bonds is 5. The van der Waals surface area contributed by atoms with E-state index < -0.39 is 0 Å². The van der Waals surface area contributed by atoms with Crippen molar-refractivity contribution in [2.24, 2.45) is 10.9 Å². The third-order valence-corrected chi connectivity index (χ3v) is 4.00. The molecule has 0 spiro atoms. The quantitative estimate of drug-likeness (QED) is 0.441. The molecule has 1 heterocycles. The van der Waals surface area contributed by atoms with Crippen LogP contribution in [0.2, 0.25) is 0 Å². The Hall–Kier alpha value is -0.820. The zero-order valence-electron chi connectivity index (χ0n) is 13.7. The number of hydrogen-bond donors (Lipinski definition) is 2. The number of aliphatic imine (C=N–C) groups is 1. The first-order valence-corrected chi connectivity index (χ1v) is 8.02. The Balaban J connectivity index is 0.00000242. The molecule has 0 atom stereocenters. The van der Waals surface area contributed by atoms with Crippen molar-refractivity contribution in [1.29, 1.82) is 0 Å². The van der Waals surface area contributed by atoms with Crippen molar-refractivity contribution >= 4 is 29.9 Å². The highest BCUT2D eigenvalue weighted by Crippen LogP contribution is 2.14. The molecule has 0 bridgehead atoms. The second kappa shape index (κ2) is 10.8. The van der Waals surface area contributed by atoms with Crippen LogP contribution in [0.15, 0.2) is 35.3 Å². The lowest BCUT2D eigenvalue weighted by molar-refractivity contribution is 0.220. The van der Waals surface area contributed by atoms with Gasteiger partial charge in [0.15, 0.2) is 5.96 Å². The predicted molar refractivity (Wildman–Crippen MR) is 105 cm³/mol. The minimum Gasteiger partial charge on any atom is -0.357 e. The normalized spacial score (nSPS) is 16.9. The summed E-state index contributed by atoms with van der Waals surface area (Å²) in [6.07, 6.45) is 2.56. The molecular formula is C17H29IN4. The molecule has 1 aromatic rings. The van der Waals surface area contributed by atoms with E-state index in [1.807, 2.05) is 6.07 Å². The molecule has 22 heavy (non-hydrogen) atoms. The zero-order valence-corrected chi connectivity index (χ0v) is 16.0. The lowest BCUT2D eigenvalue weighted by atomic mass is 9.97. The van der Waals surface area contributed by atoms with Crippen LogP contribution >= 0.6 is 24.0 Å². The second-order valence-electron chi connectivity index (χ2n) is 5.81. The summed E-state index contributed by atoms with van der Waals surface area (Å²) in [6, 6.07) is 10.4. The van der Waals surface area contributed by atoms with Gasteiger partial charge in [-0.3, -0.25) is 0 Å². The molecule has 0 aromatic heterocycles. The SMILES string of the molecule is CCNC(=NCc1ccccc1)NCC1CCN(C)CC1.I. The molecule has 2 rings (SSSR count). The highest BCUT2D eigenvalue weighted by atomic mass is 127. The molecule has 1 aromatic carbocycles. The van der Waals surface area contributed by atoms with Crippen molar-refractivity contribution < 1.29 is 0 Å². The van der Waals surface area contributed by atoms with Gasteiger partial charge >= 0.3 is 0 Å². The lowest BCUT2D eigenvalue weighted by Gasteiger charge is -2.29. The average molecular weight is 416 g/mol. The second-order valence-corrected chi connectivity index (χ2v) is 5.81. The largest absolute Gasteiger partial charge is 0.357 e. The summed E-state index contributed by atoms with van der Waals surface area (Å²) in [5.74, 6) is 1.70. The van der Waals surface area contributed by atoms with Gasteiger partial charge in [0.1, 0.15) is 0 Å². The van der Waals surface area contributed by atoms with Gasteiger partial charge in [0.25, 0.3) is 0 Å². The van der Waals surface area contributed by atoms with Crippen LogP contribution in [0.3, 0.4) is 0 Å². The third kappa shape index (κ3) is 6.96. The Labute approximate surface area is 151 Å². The van der Waals surface area contributed by atoms with Crippen LogP contribution in [0.5, 0.6) is 0 Å².